The van der Waals surface area contributed by atoms with Crippen LogP contribution in [-0.4, -0.2) is 47.4 Å². The highest BCUT2D eigenvalue weighted by molar-refractivity contribution is 5.76. The molecule has 0 aliphatic rings. The van der Waals surface area contributed by atoms with Crippen LogP contribution in [0.15, 0.2) is 36.5 Å². The smallest absolute Gasteiger partial charge is 0.305 e. The Kier molecular flexibility index (Phi) is 74.8. The largest absolute Gasteiger partial charge is 0.466 e. The molecule has 2 atom stereocenters. The Morgan fingerprint density at radius 3 is 0.874 bits per heavy atom. The van der Waals surface area contributed by atoms with Crippen LogP contribution in [0.5, 0.6) is 0 Å². The summed E-state index contributed by atoms with van der Waals surface area (Å²) in [7, 11) is 0. The van der Waals surface area contributed by atoms with Gasteiger partial charge in [0.2, 0.25) is 5.91 Å². The monoisotopic (exact) mass is 1220 g/mol. The van der Waals surface area contributed by atoms with Crippen molar-refractivity contribution in [3.05, 3.63) is 36.5 Å². The molecule has 87 heavy (non-hydrogen) atoms. The minimum atomic E-state index is -0.845. The molecule has 0 aromatic carbocycles. The van der Waals surface area contributed by atoms with Crippen molar-refractivity contribution in [2.45, 2.75) is 456 Å². The number of amides is 1. The van der Waals surface area contributed by atoms with Gasteiger partial charge in [0.25, 0.3) is 0 Å². The number of ether oxygens (including phenoxy) is 1. The molecule has 0 heterocycles. The number of aliphatic hydroxyl groups excluding tert-OH is 2. The number of hydrogen-bond donors (Lipinski definition) is 3. The Labute approximate surface area is 544 Å². The molecule has 1 amide bonds. The standard InChI is InChI=1S/C81H155NO5/c1-3-5-7-9-11-13-15-17-19-21-23-38-41-45-49-53-57-61-65-69-73-79(84)78(77-83)82-80(85)74-70-66-62-58-54-50-46-42-39-35-33-31-29-27-25-24-26-28-30-32-34-36-40-44-48-52-56-60-64-68-72-76-87-81(86)75-71-67-63-59-55-51-47-43-37-22-20-18-16-14-12-10-8-6-4-2/h26,28,32,34,69,73,78-79,83-84H,3-25,27,29-31,33,35-68,70-72,74-77H2,1-2H3,(H,82,85)/b28-26-,34-32-,73-69+. The average molecular weight is 1220 g/mol. The Bertz CT molecular complexity index is 1410. The molecule has 0 fully saturated rings. The first-order valence-electron chi connectivity index (χ1n) is 39.8. The van der Waals surface area contributed by atoms with Crippen LogP contribution in [0.1, 0.15) is 444 Å². The van der Waals surface area contributed by atoms with Crippen molar-refractivity contribution < 1.29 is 24.5 Å². The van der Waals surface area contributed by atoms with Gasteiger partial charge in [0.15, 0.2) is 0 Å². The van der Waals surface area contributed by atoms with E-state index in [0.29, 0.717) is 19.4 Å². The summed E-state index contributed by atoms with van der Waals surface area (Å²) in [6, 6.07) is -0.629. The summed E-state index contributed by atoms with van der Waals surface area (Å²) in [6.45, 7) is 4.95. The predicted molar refractivity (Wildman–Crippen MR) is 384 cm³/mol. The summed E-state index contributed by atoms with van der Waals surface area (Å²) in [6.07, 6.45) is 99.8. The van der Waals surface area contributed by atoms with Crippen LogP contribution in [0.4, 0.5) is 0 Å². The Morgan fingerprint density at radius 1 is 0.322 bits per heavy atom. The highest BCUT2D eigenvalue weighted by Gasteiger charge is 2.18. The minimum Gasteiger partial charge on any atom is -0.466 e. The fourth-order valence-electron chi connectivity index (χ4n) is 12.6. The lowest BCUT2D eigenvalue weighted by Gasteiger charge is -2.20. The molecule has 6 nitrogen and oxygen atoms in total. The lowest BCUT2D eigenvalue weighted by Crippen LogP contribution is -2.45. The molecule has 0 bridgehead atoms. The summed E-state index contributed by atoms with van der Waals surface area (Å²) in [5.74, 6) is -0.0447. The number of hydrogen-bond acceptors (Lipinski definition) is 5. The summed E-state index contributed by atoms with van der Waals surface area (Å²) in [5, 5.41) is 23.3. The first kappa shape index (κ1) is 85.1. The lowest BCUT2D eigenvalue weighted by atomic mass is 10.0. The van der Waals surface area contributed by atoms with E-state index in [1.54, 1.807) is 6.08 Å². The van der Waals surface area contributed by atoms with E-state index >= 15 is 0 Å². The van der Waals surface area contributed by atoms with Crippen LogP contribution >= 0.6 is 0 Å². The van der Waals surface area contributed by atoms with Gasteiger partial charge in [-0.05, 0) is 64.2 Å². The molecule has 0 spiro atoms. The van der Waals surface area contributed by atoms with Gasteiger partial charge in [-0.2, -0.15) is 0 Å². The third-order valence-electron chi connectivity index (χ3n) is 18.7. The van der Waals surface area contributed by atoms with E-state index in [0.717, 1.165) is 44.9 Å². The van der Waals surface area contributed by atoms with E-state index in [2.05, 4.69) is 43.5 Å². The SMILES string of the molecule is CCCCCCCCCCCCCCCCCCCC/C=C/C(O)C(CO)NC(=O)CCCCCCCCCCCCCCCCC/C=C\C/C=C\CCCCCCCCCCCOC(=O)CCCCCCCCCCCCCCCCCCCCC. The number of nitrogens with one attached hydrogen (secondary N) is 1. The second-order valence-electron chi connectivity index (χ2n) is 27.4. The molecule has 0 aromatic rings. The molecule has 0 aromatic heterocycles. The van der Waals surface area contributed by atoms with Crippen molar-refractivity contribution in [3.8, 4) is 0 Å². The van der Waals surface area contributed by atoms with Gasteiger partial charge in [0, 0.05) is 12.8 Å². The quantitative estimate of drug-likeness (QED) is 0.0320. The zero-order valence-electron chi connectivity index (χ0n) is 59.0. The molecule has 514 valence electrons. The number of rotatable bonds is 75. The Hall–Kier alpha value is -1.92. The van der Waals surface area contributed by atoms with E-state index < -0.39 is 12.1 Å². The zero-order chi connectivity index (χ0) is 62.8. The molecule has 0 saturated carbocycles. The summed E-state index contributed by atoms with van der Waals surface area (Å²) in [5.41, 5.74) is 0. The van der Waals surface area contributed by atoms with Crippen LogP contribution in [0.3, 0.4) is 0 Å². The van der Waals surface area contributed by atoms with Crippen molar-refractivity contribution in [2.24, 2.45) is 0 Å². The van der Waals surface area contributed by atoms with Gasteiger partial charge in [-0.3, -0.25) is 9.59 Å². The number of unbranched alkanes of at least 4 members (excludes halogenated alkanes) is 60. The van der Waals surface area contributed by atoms with Gasteiger partial charge < -0.3 is 20.3 Å². The van der Waals surface area contributed by atoms with E-state index in [4.69, 9.17) is 4.74 Å². The Morgan fingerprint density at radius 2 is 0.575 bits per heavy atom. The molecule has 0 aliphatic carbocycles. The van der Waals surface area contributed by atoms with Crippen LogP contribution in [0, 0.1) is 0 Å². The molecular weight excluding hydrogens is 1070 g/mol. The van der Waals surface area contributed by atoms with Gasteiger partial charge in [0.1, 0.15) is 0 Å². The van der Waals surface area contributed by atoms with E-state index in [1.807, 2.05) is 6.08 Å². The molecular formula is C81H155NO5. The molecule has 0 radical (unpaired) electrons. The van der Waals surface area contributed by atoms with Crippen molar-refractivity contribution in [2.75, 3.05) is 13.2 Å². The molecule has 6 heteroatoms. The number of aliphatic hydroxyl groups is 2. The van der Waals surface area contributed by atoms with Crippen LogP contribution in [0.2, 0.25) is 0 Å². The van der Waals surface area contributed by atoms with Crippen molar-refractivity contribution in [1.82, 2.24) is 5.32 Å². The van der Waals surface area contributed by atoms with Crippen LogP contribution < -0.4 is 5.32 Å². The summed E-state index contributed by atoms with van der Waals surface area (Å²) < 4.78 is 5.51. The third-order valence-corrected chi connectivity index (χ3v) is 18.7. The van der Waals surface area contributed by atoms with Crippen molar-refractivity contribution in [3.63, 3.8) is 0 Å². The Balaban J connectivity index is 3.39. The summed E-state index contributed by atoms with van der Waals surface area (Å²) >= 11 is 0. The predicted octanol–water partition coefficient (Wildman–Crippen LogP) is 26.2. The fourth-order valence-corrected chi connectivity index (χ4v) is 12.6. The number of carbonyl (C=O) groups excluding carboxylic acids is 2. The van der Waals surface area contributed by atoms with Gasteiger partial charge in [-0.1, -0.05) is 403 Å². The second-order valence-corrected chi connectivity index (χ2v) is 27.4. The van der Waals surface area contributed by atoms with Gasteiger partial charge in [0.05, 0.1) is 25.4 Å². The zero-order valence-corrected chi connectivity index (χ0v) is 59.0. The third kappa shape index (κ3) is 73.0. The maximum atomic E-state index is 12.5. The van der Waals surface area contributed by atoms with Crippen LogP contribution in [-0.2, 0) is 14.3 Å². The molecule has 0 rings (SSSR count). The molecule has 3 N–H and O–H groups in total. The molecule has 2 unspecified atom stereocenters. The van der Waals surface area contributed by atoms with E-state index in [-0.39, 0.29) is 18.5 Å². The summed E-state index contributed by atoms with van der Waals surface area (Å²) in [4.78, 5) is 24.7. The van der Waals surface area contributed by atoms with Gasteiger partial charge >= 0.3 is 5.97 Å². The normalized spacial score (nSPS) is 12.6. The number of carbonyl (C=O) groups is 2. The molecule has 0 saturated heterocycles. The van der Waals surface area contributed by atoms with Gasteiger partial charge in [-0.15, -0.1) is 0 Å². The second kappa shape index (κ2) is 76.5. The number of allylic oxidation sites excluding steroid dienone is 5. The lowest BCUT2D eigenvalue weighted by molar-refractivity contribution is -0.143. The van der Waals surface area contributed by atoms with E-state index in [1.165, 1.54) is 372 Å². The first-order valence-corrected chi connectivity index (χ1v) is 39.8. The molecule has 0 aliphatic heterocycles. The average Bonchev–Trinajstić information content (AvgIpc) is 3.53. The highest BCUT2D eigenvalue weighted by atomic mass is 16.5. The van der Waals surface area contributed by atoms with E-state index in [9.17, 15) is 19.8 Å². The maximum Gasteiger partial charge on any atom is 0.305 e. The maximum absolute atomic E-state index is 12.5. The first-order chi connectivity index (χ1) is 43.0. The fraction of sp³-hybridized carbons (Fsp3) is 0.901. The van der Waals surface area contributed by atoms with Crippen LogP contribution in [0.25, 0.3) is 0 Å². The van der Waals surface area contributed by atoms with Gasteiger partial charge in [-0.25, -0.2) is 0 Å². The van der Waals surface area contributed by atoms with Crippen molar-refractivity contribution in [1.29, 1.82) is 0 Å². The minimum absolute atomic E-state index is 0.0185. The topological polar surface area (TPSA) is 95.9 Å². The number of esters is 1. The van der Waals surface area contributed by atoms with Crippen molar-refractivity contribution >= 4 is 11.9 Å². The highest BCUT2D eigenvalue weighted by Crippen LogP contribution is 2.20.